The van der Waals surface area contributed by atoms with Crippen LogP contribution < -0.4 is 37.2 Å². The van der Waals surface area contributed by atoms with E-state index in [1.807, 2.05) is 0 Å². The van der Waals surface area contributed by atoms with E-state index in [-0.39, 0.29) is 37.2 Å². The van der Waals surface area contributed by atoms with Crippen molar-refractivity contribution in [2.75, 3.05) is 6.61 Å². The van der Waals surface area contributed by atoms with Gasteiger partial charge in [0.25, 0.3) is 0 Å². The van der Waals surface area contributed by atoms with Crippen molar-refractivity contribution < 1.29 is 61.4 Å². The summed E-state index contributed by atoms with van der Waals surface area (Å²) < 4.78 is 5.15. The van der Waals surface area contributed by atoms with Gasteiger partial charge in [0.1, 0.15) is 0 Å². The number of hydrogen-bond acceptors (Lipinski definition) is 1. The molecule has 2 aliphatic carbocycles. The molecule has 0 fully saturated rings. The molecule has 0 aliphatic heterocycles. The van der Waals surface area contributed by atoms with E-state index in [9.17, 15) is 0 Å². The van der Waals surface area contributed by atoms with Gasteiger partial charge in [0.05, 0.1) is 0 Å². The molecule has 0 radical (unpaired) electrons. The van der Waals surface area contributed by atoms with Crippen molar-refractivity contribution in [3.05, 3.63) is 47.6 Å². The minimum absolute atomic E-state index is 0. The van der Waals surface area contributed by atoms with Gasteiger partial charge >= 0.3 is 110 Å². The van der Waals surface area contributed by atoms with Crippen LogP contribution in [0.4, 0.5) is 0 Å². The van der Waals surface area contributed by atoms with Crippen molar-refractivity contribution in [2.45, 2.75) is 25.7 Å². The van der Waals surface area contributed by atoms with E-state index in [1.54, 1.807) is 32.0 Å². The average Bonchev–Trinajstić information content (AvgIpc) is 2.97. The molecule has 0 saturated carbocycles. The zero-order valence-electron chi connectivity index (χ0n) is 10.6. The molecular weight excluding hydrogens is 338 g/mol. The van der Waals surface area contributed by atoms with Crippen LogP contribution in [0.25, 0.3) is 0 Å². The molecule has 0 N–H and O–H groups in total. The van der Waals surface area contributed by atoms with Gasteiger partial charge in [0.2, 0.25) is 0 Å². The molecule has 2 rings (SSSR count). The first-order valence-electron chi connectivity index (χ1n) is 5.91. The van der Waals surface area contributed by atoms with Gasteiger partial charge in [0, 0.05) is 0 Å². The first kappa shape index (κ1) is 21.8. The summed E-state index contributed by atoms with van der Waals surface area (Å²) >= 11 is 1.78. The first-order chi connectivity index (χ1) is 7.92. The Morgan fingerprint density at radius 1 is 1.00 bits per heavy atom. The fourth-order valence-corrected chi connectivity index (χ4v) is 2.64. The summed E-state index contributed by atoms with van der Waals surface area (Å²) in [5.41, 5.74) is 3.15. The Morgan fingerprint density at radius 3 is 1.89 bits per heavy atom. The molecule has 0 heterocycles. The van der Waals surface area contributed by atoms with Gasteiger partial charge in [-0.15, -0.1) is 0 Å². The molecule has 19 heavy (non-hydrogen) atoms. The third kappa shape index (κ3) is 6.66. The standard InChI is InChI=1S/C14H17O.3ClH.Ti/c15-11-5-10-14(12-6-1-2-7-12)13-8-3-4-9-13;;;;/h1-4,6,8,14H,5,7,9-11H2;3*1H;/q-1;;;;+4/p-3. The number of rotatable bonds is 6. The van der Waals surface area contributed by atoms with Crippen LogP contribution in [0.5, 0.6) is 0 Å². The Bertz CT molecular complexity index is 332. The monoisotopic (exact) mass is 354 g/mol. The van der Waals surface area contributed by atoms with Gasteiger partial charge < -0.3 is 37.2 Å². The van der Waals surface area contributed by atoms with Crippen LogP contribution in [0.15, 0.2) is 47.6 Å². The van der Waals surface area contributed by atoms with Crippen molar-refractivity contribution in [3.8, 4) is 0 Å². The molecule has 0 aromatic heterocycles. The van der Waals surface area contributed by atoms with E-state index in [4.69, 9.17) is 3.32 Å². The molecule has 2 aliphatic rings. The van der Waals surface area contributed by atoms with Gasteiger partial charge in [-0.1, -0.05) is 0 Å². The molecule has 0 atom stereocenters. The summed E-state index contributed by atoms with van der Waals surface area (Å²) in [6.07, 6.45) is 18.1. The van der Waals surface area contributed by atoms with Crippen LogP contribution in [0, 0.1) is 5.92 Å². The molecule has 0 amide bonds. The second-order valence-electron chi connectivity index (χ2n) is 4.29. The van der Waals surface area contributed by atoms with Crippen LogP contribution in [0.3, 0.4) is 0 Å². The summed E-state index contributed by atoms with van der Waals surface area (Å²) in [5.74, 6) is 0.639. The Labute approximate surface area is 146 Å². The Hall–Kier alpha value is 0.504. The maximum absolute atomic E-state index is 5.15. The van der Waals surface area contributed by atoms with E-state index in [0.717, 1.165) is 25.9 Å². The summed E-state index contributed by atoms with van der Waals surface area (Å²) in [6.45, 7) is 0.873. The van der Waals surface area contributed by atoms with Gasteiger partial charge in [-0.3, -0.25) is 0 Å². The van der Waals surface area contributed by atoms with Crippen molar-refractivity contribution in [1.29, 1.82) is 0 Å². The molecular formula is C14H17Cl3OTi. The van der Waals surface area contributed by atoms with Crippen molar-refractivity contribution in [3.63, 3.8) is 0 Å². The molecule has 0 aromatic carbocycles. The molecule has 0 unspecified atom stereocenters. The molecule has 1 nitrogen and oxygen atoms in total. The molecule has 0 spiro atoms. The Balaban J connectivity index is 0. The molecule has 0 saturated heterocycles. The molecule has 5 heteroatoms. The fourth-order valence-electron chi connectivity index (χ4n) is 2.41. The third-order valence-corrected chi connectivity index (χ3v) is 3.55. The predicted molar refractivity (Wildman–Crippen MR) is 62.4 cm³/mol. The van der Waals surface area contributed by atoms with E-state index in [2.05, 4.69) is 36.5 Å². The molecule has 0 aromatic rings. The zero-order valence-corrected chi connectivity index (χ0v) is 14.4. The normalized spacial score (nSPS) is 15.5. The van der Waals surface area contributed by atoms with Crippen molar-refractivity contribution in [1.82, 2.24) is 0 Å². The Morgan fingerprint density at radius 2 is 1.53 bits per heavy atom. The average molecular weight is 356 g/mol. The summed E-state index contributed by atoms with van der Waals surface area (Å²) in [7, 11) is 0. The van der Waals surface area contributed by atoms with E-state index < -0.39 is 0 Å². The van der Waals surface area contributed by atoms with Crippen molar-refractivity contribution in [2.24, 2.45) is 5.92 Å². The molecule has 0 bridgehead atoms. The second kappa shape index (κ2) is 12.3. The van der Waals surface area contributed by atoms with Gasteiger partial charge in [0.15, 0.2) is 0 Å². The van der Waals surface area contributed by atoms with Crippen LogP contribution >= 0.6 is 0 Å². The van der Waals surface area contributed by atoms with Gasteiger partial charge in [-0.25, -0.2) is 0 Å². The topological polar surface area (TPSA) is 9.23 Å². The summed E-state index contributed by atoms with van der Waals surface area (Å²) in [6, 6.07) is 0. The first-order valence-corrected chi connectivity index (χ1v) is 6.55. The van der Waals surface area contributed by atoms with Crippen LogP contribution in [-0.4, -0.2) is 6.61 Å². The summed E-state index contributed by atoms with van der Waals surface area (Å²) in [5, 5.41) is 0. The fraction of sp³-hybridized carbons (Fsp3) is 0.429. The van der Waals surface area contributed by atoms with E-state index in [0.29, 0.717) is 5.92 Å². The van der Waals surface area contributed by atoms with Crippen LogP contribution in [0.1, 0.15) is 25.7 Å². The van der Waals surface area contributed by atoms with Crippen LogP contribution in [-0.2, 0) is 24.1 Å². The SMILES string of the molecule is [Cl-].[Cl-].[Cl-].[Ti+3][O]CCCC(C1=CC=CC1)C1=CC=CC1. The van der Waals surface area contributed by atoms with Gasteiger partial charge in [-0.2, -0.15) is 0 Å². The van der Waals surface area contributed by atoms with Crippen molar-refractivity contribution >= 4 is 0 Å². The summed E-state index contributed by atoms with van der Waals surface area (Å²) in [4.78, 5) is 0. The van der Waals surface area contributed by atoms with Crippen LogP contribution in [0.2, 0.25) is 0 Å². The molecule has 104 valence electrons. The second-order valence-corrected chi connectivity index (χ2v) is 4.74. The predicted octanol–water partition coefficient (Wildman–Crippen LogP) is -5.35. The third-order valence-electron chi connectivity index (χ3n) is 3.23. The number of hydrogen-bond donors (Lipinski definition) is 0. The zero-order chi connectivity index (χ0) is 11.2. The maximum atomic E-state index is 5.15. The number of halogens is 3. The van der Waals surface area contributed by atoms with Gasteiger partial charge in [-0.05, 0) is 0 Å². The van der Waals surface area contributed by atoms with E-state index in [1.165, 1.54) is 6.42 Å². The number of allylic oxidation sites excluding steroid dienone is 8. The van der Waals surface area contributed by atoms with E-state index >= 15 is 0 Å². The Kier molecular flexibility index (Phi) is 14.1. The quantitative estimate of drug-likeness (QED) is 0.342. The minimum atomic E-state index is 0.